The third kappa shape index (κ3) is 5.90. The average molecular weight is 182 g/mol. The van der Waals surface area contributed by atoms with Crippen LogP contribution in [0.1, 0.15) is 66.7 Å². The zero-order valence-corrected chi connectivity index (χ0v) is 10.1. The molecular weight excluding hydrogens is 156 g/mol. The standard InChI is InChI=1S/C13H26/c1-6-8-9-10-13(5,7-2)11-12(3)4/h11H,6-10H2,1-5H3. The molecule has 0 bridgehead atoms. The molecule has 0 spiro atoms. The van der Waals surface area contributed by atoms with Gasteiger partial charge in [0.2, 0.25) is 0 Å². The Kier molecular flexibility index (Phi) is 6.11. The Bertz CT molecular complexity index is 151. The van der Waals surface area contributed by atoms with E-state index in [4.69, 9.17) is 0 Å². The van der Waals surface area contributed by atoms with E-state index in [9.17, 15) is 0 Å². The van der Waals surface area contributed by atoms with E-state index in [1.54, 1.807) is 0 Å². The maximum Gasteiger partial charge on any atom is -0.0147 e. The minimum Gasteiger partial charge on any atom is -0.0799 e. The van der Waals surface area contributed by atoms with E-state index >= 15 is 0 Å². The molecule has 0 fully saturated rings. The molecule has 0 heterocycles. The van der Waals surface area contributed by atoms with E-state index in [1.807, 2.05) is 0 Å². The molecule has 0 aliphatic heterocycles. The Hall–Kier alpha value is -0.260. The maximum atomic E-state index is 2.45. The smallest absolute Gasteiger partial charge is 0.0147 e. The van der Waals surface area contributed by atoms with Crippen LogP contribution in [0.15, 0.2) is 11.6 Å². The van der Waals surface area contributed by atoms with Gasteiger partial charge in [-0.3, -0.25) is 0 Å². The highest BCUT2D eigenvalue weighted by molar-refractivity contribution is 5.03. The summed E-state index contributed by atoms with van der Waals surface area (Å²) in [6.45, 7) is 11.4. The highest BCUT2D eigenvalue weighted by Gasteiger charge is 2.17. The summed E-state index contributed by atoms with van der Waals surface area (Å²) >= 11 is 0. The summed E-state index contributed by atoms with van der Waals surface area (Å²) in [7, 11) is 0. The molecule has 78 valence electrons. The second-order valence-electron chi connectivity index (χ2n) is 4.69. The fourth-order valence-electron chi connectivity index (χ4n) is 1.83. The third-order valence-corrected chi connectivity index (χ3v) is 2.80. The lowest BCUT2D eigenvalue weighted by molar-refractivity contribution is 0.357. The van der Waals surface area contributed by atoms with E-state index in [-0.39, 0.29) is 0 Å². The highest BCUT2D eigenvalue weighted by atomic mass is 14.2. The number of allylic oxidation sites excluding steroid dienone is 2. The summed E-state index contributed by atoms with van der Waals surface area (Å²) in [4.78, 5) is 0. The topological polar surface area (TPSA) is 0 Å². The Balaban J connectivity index is 4.04. The first-order valence-corrected chi connectivity index (χ1v) is 5.70. The van der Waals surface area contributed by atoms with E-state index in [0.717, 1.165) is 0 Å². The zero-order chi connectivity index (χ0) is 10.3. The van der Waals surface area contributed by atoms with Crippen LogP contribution in [0.2, 0.25) is 0 Å². The van der Waals surface area contributed by atoms with Gasteiger partial charge in [-0.05, 0) is 32.1 Å². The Morgan fingerprint density at radius 2 is 1.77 bits per heavy atom. The number of hydrogen-bond donors (Lipinski definition) is 0. The Labute approximate surface area is 84.4 Å². The molecule has 0 aliphatic rings. The monoisotopic (exact) mass is 182 g/mol. The first kappa shape index (κ1) is 12.7. The van der Waals surface area contributed by atoms with Crippen LogP contribution in [0.25, 0.3) is 0 Å². The van der Waals surface area contributed by atoms with Crippen molar-refractivity contribution in [2.75, 3.05) is 0 Å². The van der Waals surface area contributed by atoms with Crippen LogP contribution in [0.5, 0.6) is 0 Å². The van der Waals surface area contributed by atoms with E-state index in [0.29, 0.717) is 5.41 Å². The van der Waals surface area contributed by atoms with Gasteiger partial charge in [-0.1, -0.05) is 51.7 Å². The van der Waals surface area contributed by atoms with Crippen molar-refractivity contribution in [2.45, 2.75) is 66.7 Å². The number of rotatable bonds is 6. The van der Waals surface area contributed by atoms with Gasteiger partial charge >= 0.3 is 0 Å². The number of unbranched alkanes of at least 4 members (excludes halogenated alkanes) is 2. The third-order valence-electron chi connectivity index (χ3n) is 2.80. The fraction of sp³-hybridized carbons (Fsp3) is 0.846. The molecule has 0 N–H and O–H groups in total. The molecule has 0 nitrogen and oxygen atoms in total. The van der Waals surface area contributed by atoms with E-state index in [2.05, 4.69) is 40.7 Å². The molecule has 0 aromatic heterocycles. The molecular formula is C13H26. The van der Waals surface area contributed by atoms with Crippen molar-refractivity contribution in [3.05, 3.63) is 11.6 Å². The molecule has 0 heteroatoms. The van der Waals surface area contributed by atoms with Gasteiger partial charge in [0.15, 0.2) is 0 Å². The number of hydrogen-bond acceptors (Lipinski definition) is 0. The van der Waals surface area contributed by atoms with Crippen molar-refractivity contribution in [2.24, 2.45) is 5.41 Å². The normalized spacial score (nSPS) is 15.2. The van der Waals surface area contributed by atoms with Crippen LogP contribution >= 0.6 is 0 Å². The van der Waals surface area contributed by atoms with Gasteiger partial charge in [-0.15, -0.1) is 0 Å². The molecule has 0 aliphatic carbocycles. The molecule has 0 radical (unpaired) electrons. The molecule has 0 saturated carbocycles. The van der Waals surface area contributed by atoms with Crippen LogP contribution in [0.4, 0.5) is 0 Å². The second kappa shape index (κ2) is 6.23. The van der Waals surface area contributed by atoms with Crippen LogP contribution in [0, 0.1) is 5.41 Å². The summed E-state index contributed by atoms with van der Waals surface area (Å²) in [5, 5.41) is 0. The molecule has 0 saturated heterocycles. The highest BCUT2D eigenvalue weighted by Crippen LogP contribution is 2.31. The van der Waals surface area contributed by atoms with Gasteiger partial charge in [0.1, 0.15) is 0 Å². The average Bonchev–Trinajstić information content (AvgIpc) is 2.04. The summed E-state index contributed by atoms with van der Waals surface area (Å²) in [5.41, 5.74) is 1.91. The molecule has 13 heavy (non-hydrogen) atoms. The van der Waals surface area contributed by atoms with Gasteiger partial charge in [-0.25, -0.2) is 0 Å². The van der Waals surface area contributed by atoms with Crippen LogP contribution in [-0.2, 0) is 0 Å². The first-order valence-electron chi connectivity index (χ1n) is 5.70. The zero-order valence-electron chi connectivity index (χ0n) is 10.1. The lowest BCUT2D eigenvalue weighted by Gasteiger charge is -2.25. The molecule has 1 atom stereocenters. The quantitative estimate of drug-likeness (QED) is 0.403. The van der Waals surface area contributed by atoms with Crippen molar-refractivity contribution in [3.8, 4) is 0 Å². The molecule has 0 aromatic rings. The van der Waals surface area contributed by atoms with Crippen LogP contribution < -0.4 is 0 Å². The largest absolute Gasteiger partial charge is 0.0799 e. The second-order valence-corrected chi connectivity index (χ2v) is 4.69. The van der Waals surface area contributed by atoms with Gasteiger partial charge < -0.3 is 0 Å². The lowest BCUT2D eigenvalue weighted by atomic mass is 9.81. The SMILES string of the molecule is CCCCCC(C)(C=C(C)C)CC. The van der Waals surface area contributed by atoms with E-state index in [1.165, 1.54) is 37.7 Å². The molecule has 0 amide bonds. The first-order chi connectivity index (χ1) is 6.04. The van der Waals surface area contributed by atoms with E-state index < -0.39 is 0 Å². The summed E-state index contributed by atoms with van der Waals surface area (Å²) < 4.78 is 0. The van der Waals surface area contributed by atoms with Crippen LogP contribution in [0.3, 0.4) is 0 Å². The molecule has 0 rings (SSSR count). The summed E-state index contributed by atoms with van der Waals surface area (Å²) in [6, 6.07) is 0. The van der Waals surface area contributed by atoms with Gasteiger partial charge in [-0.2, -0.15) is 0 Å². The molecule has 0 aromatic carbocycles. The predicted octanol–water partition coefficient (Wildman–Crippen LogP) is 4.95. The van der Waals surface area contributed by atoms with Gasteiger partial charge in [0, 0.05) is 0 Å². The Morgan fingerprint density at radius 3 is 2.15 bits per heavy atom. The summed E-state index contributed by atoms with van der Waals surface area (Å²) in [6.07, 6.45) is 9.15. The maximum absolute atomic E-state index is 2.45. The summed E-state index contributed by atoms with van der Waals surface area (Å²) in [5.74, 6) is 0. The predicted molar refractivity (Wildman–Crippen MR) is 62.0 cm³/mol. The molecule has 1 unspecified atom stereocenters. The fourth-order valence-corrected chi connectivity index (χ4v) is 1.83. The minimum absolute atomic E-state index is 0.452. The minimum atomic E-state index is 0.452. The van der Waals surface area contributed by atoms with Crippen molar-refractivity contribution in [3.63, 3.8) is 0 Å². The van der Waals surface area contributed by atoms with Crippen LogP contribution in [-0.4, -0.2) is 0 Å². The Morgan fingerprint density at radius 1 is 1.15 bits per heavy atom. The van der Waals surface area contributed by atoms with Crippen molar-refractivity contribution < 1.29 is 0 Å². The van der Waals surface area contributed by atoms with Gasteiger partial charge in [0.05, 0.1) is 0 Å². The van der Waals surface area contributed by atoms with Crippen molar-refractivity contribution in [1.29, 1.82) is 0 Å². The van der Waals surface area contributed by atoms with Crippen molar-refractivity contribution in [1.82, 2.24) is 0 Å². The van der Waals surface area contributed by atoms with Gasteiger partial charge in [0.25, 0.3) is 0 Å². The van der Waals surface area contributed by atoms with Crippen molar-refractivity contribution >= 4 is 0 Å². The lowest BCUT2D eigenvalue weighted by Crippen LogP contribution is -2.12.